The first-order valence-corrected chi connectivity index (χ1v) is 9.31. The number of hydrogen-bond acceptors (Lipinski definition) is 4. The van der Waals surface area contributed by atoms with E-state index in [0.29, 0.717) is 22.0 Å². The van der Waals surface area contributed by atoms with E-state index in [0.717, 1.165) is 10.2 Å². The number of alkyl halides is 3. The van der Waals surface area contributed by atoms with Crippen molar-refractivity contribution in [3.8, 4) is 11.4 Å². The number of nitrogens with one attached hydrogen (secondary N) is 2. The van der Waals surface area contributed by atoms with Gasteiger partial charge in [-0.1, -0.05) is 30.3 Å². The van der Waals surface area contributed by atoms with E-state index < -0.39 is 12.2 Å². The predicted octanol–water partition coefficient (Wildman–Crippen LogP) is 4.72. The van der Waals surface area contributed by atoms with E-state index in [4.69, 9.17) is 12.2 Å². The van der Waals surface area contributed by atoms with Crippen molar-refractivity contribution in [1.82, 2.24) is 24.5 Å². The van der Waals surface area contributed by atoms with Crippen LogP contribution < -0.4 is 5.32 Å². The van der Waals surface area contributed by atoms with E-state index in [-0.39, 0.29) is 18.5 Å². The van der Waals surface area contributed by atoms with Crippen molar-refractivity contribution >= 4 is 18.0 Å². The second-order valence-corrected chi connectivity index (χ2v) is 7.39. The molecule has 0 amide bonds. The van der Waals surface area contributed by atoms with Gasteiger partial charge in [0.2, 0.25) is 0 Å². The van der Waals surface area contributed by atoms with Gasteiger partial charge < -0.3 is 5.32 Å². The summed E-state index contributed by atoms with van der Waals surface area (Å²) in [4.78, 5) is 0. The number of nitrogens with zero attached hydrogens (tertiary/aromatic N) is 4. The van der Waals surface area contributed by atoms with Crippen LogP contribution in [0.4, 0.5) is 19.0 Å². The van der Waals surface area contributed by atoms with Gasteiger partial charge in [-0.15, -0.1) is 0 Å². The lowest BCUT2D eigenvalue weighted by Gasteiger charge is -2.32. The van der Waals surface area contributed by atoms with Gasteiger partial charge in [0.25, 0.3) is 0 Å². The normalized spacial score (nSPS) is 20.5. The maximum absolute atomic E-state index is 13.5. The lowest BCUT2D eigenvalue weighted by atomic mass is 10.0. The van der Waals surface area contributed by atoms with Crippen molar-refractivity contribution in [1.29, 1.82) is 0 Å². The van der Waals surface area contributed by atoms with E-state index in [1.54, 1.807) is 11.5 Å². The molecule has 3 aromatic rings. The van der Waals surface area contributed by atoms with Crippen molar-refractivity contribution in [2.24, 2.45) is 0 Å². The van der Waals surface area contributed by atoms with E-state index in [1.807, 2.05) is 37.3 Å². The summed E-state index contributed by atoms with van der Waals surface area (Å²) in [6, 6.07) is 7.53. The van der Waals surface area contributed by atoms with Crippen LogP contribution in [-0.4, -0.2) is 36.8 Å². The average Bonchev–Trinajstić information content (AvgIpc) is 3.23. The molecule has 10 heteroatoms. The van der Waals surface area contributed by atoms with E-state index in [9.17, 15) is 13.2 Å². The largest absolute Gasteiger partial charge is 0.410 e. The Morgan fingerprint density at radius 1 is 1.25 bits per heavy atom. The number of rotatable bonds is 3. The molecule has 28 heavy (non-hydrogen) atoms. The fourth-order valence-electron chi connectivity index (χ4n) is 3.64. The summed E-state index contributed by atoms with van der Waals surface area (Å²) in [6.45, 7) is 3.69. The Morgan fingerprint density at radius 3 is 2.64 bits per heavy atom. The molecule has 3 unspecified atom stereocenters. The van der Waals surface area contributed by atoms with Crippen molar-refractivity contribution in [3.05, 3.63) is 46.9 Å². The standard InChI is InChI=1S/C18H19F3N6S/c1-10-8-14(18(19,20)21)27-15(23-10)13(9-22-27)16-24-25-17(28)26(16)11(2)12-6-4-3-5-7-12/h3-7,9-11,14,23H,8H2,1-2H3,(H,25,28). The smallest absolute Gasteiger partial charge is 0.367 e. The first-order chi connectivity index (χ1) is 13.3. The van der Waals surface area contributed by atoms with Gasteiger partial charge in [0.05, 0.1) is 17.8 Å². The van der Waals surface area contributed by atoms with E-state index in [1.165, 1.54) is 6.20 Å². The predicted molar refractivity (Wildman–Crippen MR) is 102 cm³/mol. The number of fused-ring (bicyclic) bond motifs is 1. The quantitative estimate of drug-likeness (QED) is 0.616. The molecule has 1 aliphatic heterocycles. The highest BCUT2D eigenvalue weighted by Crippen LogP contribution is 2.42. The molecule has 0 spiro atoms. The lowest BCUT2D eigenvalue weighted by molar-refractivity contribution is -0.173. The minimum Gasteiger partial charge on any atom is -0.367 e. The number of benzene rings is 1. The molecular formula is C18H19F3N6S. The molecule has 2 aromatic heterocycles. The minimum atomic E-state index is -4.38. The second-order valence-electron chi connectivity index (χ2n) is 7.00. The Morgan fingerprint density at radius 2 is 1.96 bits per heavy atom. The Hall–Kier alpha value is -2.62. The number of hydrogen-bond donors (Lipinski definition) is 2. The SMILES string of the molecule is CC1CC(C(F)(F)F)n2ncc(-c3n[nH]c(=S)n3C(C)c3ccccc3)c2N1. The van der Waals surface area contributed by atoms with Crippen LogP contribution in [-0.2, 0) is 0 Å². The van der Waals surface area contributed by atoms with Gasteiger partial charge in [0.15, 0.2) is 16.6 Å². The summed E-state index contributed by atoms with van der Waals surface area (Å²) in [5, 5.41) is 14.2. The molecule has 0 radical (unpaired) electrons. The van der Waals surface area contributed by atoms with Gasteiger partial charge in [-0.3, -0.25) is 9.67 Å². The monoisotopic (exact) mass is 408 g/mol. The van der Waals surface area contributed by atoms with Crippen LogP contribution in [0.5, 0.6) is 0 Å². The van der Waals surface area contributed by atoms with Gasteiger partial charge in [-0.05, 0) is 38.0 Å². The number of anilines is 1. The first kappa shape index (κ1) is 18.7. The van der Waals surface area contributed by atoms with Crippen LogP contribution in [0.2, 0.25) is 0 Å². The Kier molecular flexibility index (Phi) is 4.53. The Balaban J connectivity index is 1.83. The summed E-state index contributed by atoms with van der Waals surface area (Å²) >= 11 is 5.40. The van der Waals surface area contributed by atoms with Crippen LogP contribution in [0, 0.1) is 4.77 Å². The second kappa shape index (κ2) is 6.77. The van der Waals surface area contributed by atoms with Crippen LogP contribution in [0.3, 0.4) is 0 Å². The highest BCUT2D eigenvalue weighted by molar-refractivity contribution is 7.71. The topological polar surface area (TPSA) is 63.5 Å². The molecule has 3 atom stereocenters. The fraction of sp³-hybridized carbons (Fsp3) is 0.389. The summed E-state index contributed by atoms with van der Waals surface area (Å²) < 4.78 is 43.7. The first-order valence-electron chi connectivity index (χ1n) is 8.90. The van der Waals surface area contributed by atoms with Crippen LogP contribution >= 0.6 is 12.2 Å². The third-order valence-corrected chi connectivity index (χ3v) is 5.33. The zero-order valence-electron chi connectivity index (χ0n) is 15.2. The Bertz CT molecular complexity index is 1040. The fourth-order valence-corrected chi connectivity index (χ4v) is 3.93. The summed E-state index contributed by atoms with van der Waals surface area (Å²) in [5.74, 6) is 0.752. The van der Waals surface area contributed by atoms with Gasteiger partial charge in [-0.2, -0.15) is 23.4 Å². The van der Waals surface area contributed by atoms with Crippen LogP contribution in [0.15, 0.2) is 36.5 Å². The van der Waals surface area contributed by atoms with Gasteiger partial charge in [0.1, 0.15) is 5.82 Å². The van der Waals surface area contributed by atoms with Crippen molar-refractivity contribution in [3.63, 3.8) is 0 Å². The molecule has 0 saturated heterocycles. The van der Waals surface area contributed by atoms with E-state index in [2.05, 4.69) is 20.6 Å². The molecule has 0 bridgehead atoms. The van der Waals surface area contributed by atoms with Crippen LogP contribution in [0.1, 0.15) is 37.9 Å². The zero-order valence-corrected chi connectivity index (χ0v) is 16.1. The van der Waals surface area contributed by atoms with Crippen molar-refractivity contribution in [2.75, 3.05) is 5.32 Å². The minimum absolute atomic E-state index is 0.0785. The molecule has 0 fully saturated rings. The maximum atomic E-state index is 13.5. The summed E-state index contributed by atoms with van der Waals surface area (Å²) in [7, 11) is 0. The number of H-pyrrole nitrogens is 1. The number of aromatic amines is 1. The van der Waals surface area contributed by atoms with Gasteiger partial charge in [-0.25, -0.2) is 4.68 Å². The number of aromatic nitrogens is 5. The molecule has 1 aromatic carbocycles. The zero-order chi connectivity index (χ0) is 20.1. The molecule has 0 saturated carbocycles. The molecule has 2 N–H and O–H groups in total. The summed E-state index contributed by atoms with van der Waals surface area (Å²) in [5.41, 5.74) is 1.49. The molecule has 3 heterocycles. The lowest BCUT2D eigenvalue weighted by Crippen LogP contribution is -2.38. The van der Waals surface area contributed by atoms with Crippen LogP contribution in [0.25, 0.3) is 11.4 Å². The highest BCUT2D eigenvalue weighted by atomic mass is 32.1. The molecule has 4 rings (SSSR count). The number of halogens is 3. The average molecular weight is 408 g/mol. The molecule has 1 aliphatic rings. The molecule has 6 nitrogen and oxygen atoms in total. The highest BCUT2D eigenvalue weighted by Gasteiger charge is 2.46. The maximum Gasteiger partial charge on any atom is 0.410 e. The summed E-state index contributed by atoms with van der Waals surface area (Å²) in [6.07, 6.45) is -3.04. The third kappa shape index (κ3) is 3.11. The molecule has 0 aliphatic carbocycles. The van der Waals surface area contributed by atoms with Crippen molar-refractivity contribution in [2.45, 2.75) is 44.6 Å². The van der Waals surface area contributed by atoms with E-state index >= 15 is 0 Å². The molecule has 148 valence electrons. The van der Waals surface area contributed by atoms with Crippen molar-refractivity contribution < 1.29 is 13.2 Å². The van der Waals surface area contributed by atoms with Gasteiger partial charge in [0, 0.05) is 6.04 Å². The molecular weight excluding hydrogens is 389 g/mol. The Labute approximate surface area is 164 Å². The third-order valence-electron chi connectivity index (χ3n) is 5.04. The van der Waals surface area contributed by atoms with Gasteiger partial charge >= 0.3 is 6.18 Å².